The first-order valence-corrected chi connectivity index (χ1v) is 15.5. The van der Waals surface area contributed by atoms with Crippen LogP contribution in [0.25, 0.3) is 0 Å². The zero-order valence-electron chi connectivity index (χ0n) is 23.9. The lowest BCUT2D eigenvalue weighted by Crippen LogP contribution is -2.51. The molecule has 13 heteroatoms. The van der Waals surface area contributed by atoms with E-state index in [1.807, 2.05) is 24.3 Å². The second-order valence-corrected chi connectivity index (χ2v) is 12.3. The van der Waals surface area contributed by atoms with Crippen molar-refractivity contribution in [1.29, 1.82) is 0 Å². The average Bonchev–Trinajstić information content (AvgIpc) is 2.97. The molecular weight excluding hydrogens is 650 g/mol. The number of sulfonamides is 1. The molecule has 42 heavy (non-hydrogen) atoms. The molecule has 226 valence electrons. The maximum atomic E-state index is 14.2. The largest absolute Gasteiger partial charge is 0.495 e. The van der Waals surface area contributed by atoms with Crippen LogP contribution in [0.3, 0.4) is 0 Å². The number of anilines is 1. The Morgan fingerprint density at radius 1 is 0.952 bits per heavy atom. The van der Waals surface area contributed by atoms with Crippen LogP contribution in [0.4, 0.5) is 5.69 Å². The van der Waals surface area contributed by atoms with Gasteiger partial charge in [-0.25, -0.2) is 8.42 Å². The normalized spacial score (nSPS) is 11.8. The number of nitrogens with zero attached hydrogens (tertiary/aromatic N) is 2. The number of halogens is 2. The van der Waals surface area contributed by atoms with E-state index in [1.54, 1.807) is 19.9 Å². The molecule has 0 bridgehead atoms. The molecule has 0 aliphatic rings. The summed E-state index contributed by atoms with van der Waals surface area (Å²) in [6.07, 6.45) is 0. The molecule has 1 N–H and O–H groups in total. The Bertz CT molecular complexity index is 1540. The van der Waals surface area contributed by atoms with Crippen LogP contribution in [0, 0.1) is 0 Å². The lowest BCUT2D eigenvalue weighted by atomic mass is 10.1. The lowest BCUT2D eigenvalue weighted by molar-refractivity contribution is -0.139. The summed E-state index contributed by atoms with van der Waals surface area (Å²) < 4.78 is 46.2. The van der Waals surface area contributed by atoms with E-state index in [0.717, 1.165) is 14.3 Å². The van der Waals surface area contributed by atoms with Gasteiger partial charge in [0.05, 0.1) is 31.9 Å². The van der Waals surface area contributed by atoms with Crippen molar-refractivity contribution in [1.82, 2.24) is 10.2 Å². The van der Waals surface area contributed by atoms with Crippen molar-refractivity contribution in [2.45, 2.75) is 31.3 Å². The first-order valence-electron chi connectivity index (χ1n) is 12.9. The summed E-state index contributed by atoms with van der Waals surface area (Å²) in [5.41, 5.74) is 0.782. The highest BCUT2D eigenvalue weighted by Crippen LogP contribution is 2.37. The fraction of sp³-hybridized carbons (Fsp3) is 0.310. The third kappa shape index (κ3) is 7.67. The zero-order chi connectivity index (χ0) is 31.0. The number of hydrogen-bond acceptors (Lipinski definition) is 7. The molecule has 0 saturated carbocycles. The number of carbonyl (C=O) groups is 2. The zero-order valence-corrected chi connectivity index (χ0v) is 27.0. The highest BCUT2D eigenvalue weighted by Gasteiger charge is 2.34. The number of rotatable bonds is 13. The molecule has 3 aromatic rings. The fourth-order valence-corrected chi connectivity index (χ4v) is 6.26. The minimum Gasteiger partial charge on any atom is -0.495 e. The SMILES string of the molecule is CCNC(=O)[C@H](C)N(Cc1cccc(Br)c1)C(=O)CN(c1cc(Cl)ccc1OC)S(=O)(=O)c1ccc(OC)c(OC)c1. The van der Waals surface area contributed by atoms with Gasteiger partial charge in [0, 0.05) is 28.7 Å². The highest BCUT2D eigenvalue weighted by atomic mass is 79.9. The van der Waals surface area contributed by atoms with Gasteiger partial charge < -0.3 is 24.4 Å². The first-order chi connectivity index (χ1) is 20.0. The Labute approximate surface area is 259 Å². The maximum Gasteiger partial charge on any atom is 0.265 e. The Balaban J connectivity index is 2.15. The molecule has 0 aliphatic heterocycles. The van der Waals surface area contributed by atoms with Crippen molar-refractivity contribution >= 4 is 55.1 Å². The van der Waals surface area contributed by atoms with Crippen LogP contribution in [-0.4, -0.2) is 65.6 Å². The van der Waals surface area contributed by atoms with Crippen LogP contribution in [0.5, 0.6) is 17.2 Å². The summed E-state index contributed by atoms with van der Waals surface area (Å²) in [7, 11) is -0.219. The van der Waals surface area contributed by atoms with E-state index in [2.05, 4.69) is 21.2 Å². The Morgan fingerprint density at radius 3 is 2.24 bits per heavy atom. The number of nitrogens with one attached hydrogen (secondary N) is 1. The monoisotopic (exact) mass is 681 g/mol. The number of benzene rings is 3. The van der Waals surface area contributed by atoms with Crippen LogP contribution in [0.1, 0.15) is 19.4 Å². The van der Waals surface area contributed by atoms with E-state index >= 15 is 0 Å². The summed E-state index contributed by atoms with van der Waals surface area (Å²) in [5, 5.41) is 2.96. The van der Waals surface area contributed by atoms with Crippen molar-refractivity contribution in [3.63, 3.8) is 0 Å². The summed E-state index contributed by atoms with van der Waals surface area (Å²) in [6.45, 7) is 3.11. The van der Waals surface area contributed by atoms with E-state index in [4.69, 9.17) is 25.8 Å². The van der Waals surface area contributed by atoms with Crippen molar-refractivity contribution in [2.24, 2.45) is 0 Å². The van der Waals surface area contributed by atoms with Crippen molar-refractivity contribution in [3.05, 3.63) is 75.7 Å². The number of hydrogen-bond donors (Lipinski definition) is 1. The molecule has 10 nitrogen and oxygen atoms in total. The van der Waals surface area contributed by atoms with Gasteiger partial charge in [0.15, 0.2) is 11.5 Å². The maximum absolute atomic E-state index is 14.2. The van der Waals surface area contributed by atoms with Gasteiger partial charge in [-0.3, -0.25) is 13.9 Å². The van der Waals surface area contributed by atoms with Crippen LogP contribution in [0.15, 0.2) is 70.0 Å². The summed E-state index contributed by atoms with van der Waals surface area (Å²) in [4.78, 5) is 28.1. The van der Waals surface area contributed by atoms with Crippen LogP contribution >= 0.6 is 27.5 Å². The lowest BCUT2D eigenvalue weighted by Gasteiger charge is -2.32. The third-order valence-corrected chi connectivity index (χ3v) is 8.88. The minimum absolute atomic E-state index is 0.0428. The van der Waals surface area contributed by atoms with Gasteiger partial charge in [-0.05, 0) is 61.9 Å². The van der Waals surface area contributed by atoms with E-state index in [9.17, 15) is 18.0 Å². The number of likely N-dealkylation sites (N-methyl/N-ethyl adjacent to an activating group) is 1. The molecular formula is C29H33BrClN3O7S. The van der Waals surface area contributed by atoms with E-state index in [1.165, 1.54) is 56.6 Å². The Hall–Kier alpha value is -3.48. The predicted octanol–water partition coefficient (Wildman–Crippen LogP) is 4.88. The molecule has 3 aromatic carbocycles. The third-order valence-electron chi connectivity index (χ3n) is 6.39. The summed E-state index contributed by atoms with van der Waals surface area (Å²) in [6, 6.07) is 14.9. The van der Waals surface area contributed by atoms with Crippen molar-refractivity contribution in [3.8, 4) is 17.2 Å². The summed E-state index contributed by atoms with van der Waals surface area (Å²) in [5.74, 6) is -0.318. The van der Waals surface area contributed by atoms with Crippen LogP contribution < -0.4 is 23.8 Å². The molecule has 0 heterocycles. The smallest absolute Gasteiger partial charge is 0.265 e. The van der Waals surface area contributed by atoms with Gasteiger partial charge in [-0.1, -0.05) is 39.7 Å². The number of methoxy groups -OCH3 is 3. The quantitative estimate of drug-likeness (QED) is 0.274. The van der Waals surface area contributed by atoms with E-state index in [-0.39, 0.29) is 39.6 Å². The van der Waals surface area contributed by atoms with Crippen LogP contribution in [-0.2, 0) is 26.2 Å². The molecule has 2 amide bonds. The standard InChI is InChI=1S/C29H33BrClN3O7S/c1-6-32-29(36)19(2)33(17-20-8-7-9-21(30)14-20)28(35)18-34(24-15-22(31)10-12-25(24)39-3)42(37,38)23-11-13-26(40-4)27(16-23)41-5/h7-16,19H,6,17-18H2,1-5H3,(H,32,36)/t19-/m0/s1. The molecule has 0 fully saturated rings. The molecule has 1 atom stereocenters. The van der Waals surface area contributed by atoms with Gasteiger partial charge in [0.1, 0.15) is 18.3 Å². The van der Waals surface area contributed by atoms with Crippen LogP contribution in [0.2, 0.25) is 5.02 Å². The van der Waals surface area contributed by atoms with Gasteiger partial charge in [0.25, 0.3) is 10.0 Å². The molecule has 0 unspecified atom stereocenters. The van der Waals surface area contributed by atoms with E-state index < -0.39 is 28.5 Å². The second-order valence-electron chi connectivity index (χ2n) is 9.07. The highest BCUT2D eigenvalue weighted by molar-refractivity contribution is 9.10. The second kappa shape index (κ2) is 14.6. The number of ether oxygens (including phenoxy) is 3. The predicted molar refractivity (Wildman–Crippen MR) is 165 cm³/mol. The Kier molecular flexibility index (Phi) is 11.5. The molecule has 0 aromatic heterocycles. The molecule has 0 radical (unpaired) electrons. The molecule has 3 rings (SSSR count). The van der Waals surface area contributed by atoms with Crippen molar-refractivity contribution < 1.29 is 32.2 Å². The van der Waals surface area contributed by atoms with Gasteiger partial charge in [-0.15, -0.1) is 0 Å². The Morgan fingerprint density at radius 2 is 1.62 bits per heavy atom. The first kappa shape index (κ1) is 33.0. The number of carbonyl (C=O) groups excluding carboxylic acids is 2. The van der Waals surface area contributed by atoms with E-state index in [0.29, 0.717) is 12.3 Å². The van der Waals surface area contributed by atoms with Gasteiger partial charge in [-0.2, -0.15) is 0 Å². The van der Waals surface area contributed by atoms with Crippen molar-refractivity contribution in [2.75, 3.05) is 38.7 Å². The molecule has 0 aliphatic carbocycles. The number of amides is 2. The fourth-order valence-electron chi connectivity index (χ4n) is 4.21. The van der Waals surface area contributed by atoms with Gasteiger partial charge in [0.2, 0.25) is 11.8 Å². The molecule has 0 saturated heterocycles. The average molecular weight is 683 g/mol. The minimum atomic E-state index is -4.42. The molecule has 0 spiro atoms. The topological polar surface area (TPSA) is 114 Å². The summed E-state index contributed by atoms with van der Waals surface area (Å²) >= 11 is 9.71. The van der Waals surface area contributed by atoms with Gasteiger partial charge >= 0.3 is 0 Å².